The quantitative estimate of drug-likeness (QED) is 0.529. The lowest BCUT2D eigenvalue weighted by Gasteiger charge is -2.03. The minimum absolute atomic E-state index is 0.626. The van der Waals surface area contributed by atoms with E-state index in [1.165, 1.54) is 6.21 Å². The van der Waals surface area contributed by atoms with Crippen molar-refractivity contribution in [2.75, 3.05) is 7.11 Å². The van der Waals surface area contributed by atoms with Gasteiger partial charge in [-0.05, 0) is 29.8 Å². The molecule has 1 heterocycles. The van der Waals surface area contributed by atoms with Crippen LogP contribution < -0.4 is 15.9 Å². The molecule has 7 nitrogen and oxygen atoms in total. The molecule has 0 saturated carbocycles. The van der Waals surface area contributed by atoms with Crippen LogP contribution in [-0.2, 0) is 6.54 Å². The zero-order chi connectivity index (χ0) is 18.4. The number of nitrogens with one attached hydrogen (secondary N) is 1. The van der Waals surface area contributed by atoms with Gasteiger partial charge in [0.1, 0.15) is 11.4 Å². The number of hydrazone groups is 1. The molecule has 132 valence electrons. The van der Waals surface area contributed by atoms with Crippen LogP contribution in [0.1, 0.15) is 11.1 Å². The number of benzene rings is 2. The molecule has 3 rings (SSSR count). The molecule has 1 aromatic heterocycles. The Balaban J connectivity index is 1.93. The average molecular weight is 349 g/mol. The maximum Gasteiger partial charge on any atom is 0.332 e. The summed E-state index contributed by atoms with van der Waals surface area (Å²) in [6, 6.07) is 16.9. The number of urea groups is 1. The Hall–Kier alpha value is -3.61. The lowest BCUT2D eigenvalue weighted by molar-refractivity contribution is 0.249. The van der Waals surface area contributed by atoms with Crippen molar-refractivity contribution in [2.24, 2.45) is 10.8 Å². The minimum Gasteiger partial charge on any atom is -0.497 e. The van der Waals surface area contributed by atoms with Gasteiger partial charge in [-0.15, -0.1) is 0 Å². The van der Waals surface area contributed by atoms with Crippen molar-refractivity contribution in [3.63, 3.8) is 0 Å². The predicted molar refractivity (Wildman–Crippen MR) is 100 cm³/mol. The third-order valence-electron chi connectivity index (χ3n) is 3.72. The molecule has 0 saturated heterocycles. The molecule has 0 fully saturated rings. The molecule has 0 aliphatic carbocycles. The van der Waals surface area contributed by atoms with Gasteiger partial charge in [0.05, 0.1) is 19.9 Å². The number of hydrogen-bond acceptors (Lipinski definition) is 4. The van der Waals surface area contributed by atoms with E-state index in [0.29, 0.717) is 6.54 Å². The first-order valence-electron chi connectivity index (χ1n) is 8.00. The summed E-state index contributed by atoms with van der Waals surface area (Å²) in [5, 5.41) is 8.52. The molecule has 0 aliphatic rings. The fourth-order valence-corrected chi connectivity index (χ4v) is 2.52. The summed E-state index contributed by atoms with van der Waals surface area (Å²) in [6.07, 6.45) is 3.40. The van der Waals surface area contributed by atoms with Crippen LogP contribution in [0.2, 0.25) is 0 Å². The Kier molecular flexibility index (Phi) is 5.28. The number of rotatable bonds is 6. The third kappa shape index (κ3) is 4.27. The molecule has 0 bridgehead atoms. The van der Waals surface area contributed by atoms with E-state index >= 15 is 0 Å². The standard InChI is InChI=1S/C19H19N5O2/c1-26-17-9-7-15(8-10-17)18-16(11-21-22-19(20)25)13-24(23-18)12-14-5-3-2-4-6-14/h2-11,13H,12H2,1H3,(H3,20,22,25)/b21-11-. The van der Waals surface area contributed by atoms with Gasteiger partial charge >= 0.3 is 6.03 Å². The molecule has 3 aromatic rings. The average Bonchev–Trinajstić information content (AvgIpc) is 3.05. The van der Waals surface area contributed by atoms with E-state index in [2.05, 4.69) is 15.6 Å². The molecule has 26 heavy (non-hydrogen) atoms. The van der Waals surface area contributed by atoms with E-state index < -0.39 is 6.03 Å². The monoisotopic (exact) mass is 349 g/mol. The highest BCUT2D eigenvalue weighted by Gasteiger charge is 2.11. The second-order valence-corrected chi connectivity index (χ2v) is 5.58. The lowest BCUT2D eigenvalue weighted by Crippen LogP contribution is -2.24. The summed E-state index contributed by atoms with van der Waals surface area (Å²) in [7, 11) is 1.62. The number of nitrogens with two attached hydrogens (primary N) is 1. The maximum absolute atomic E-state index is 10.8. The number of carbonyl (C=O) groups excluding carboxylic acids is 1. The summed E-state index contributed by atoms with van der Waals surface area (Å²) in [6.45, 7) is 0.626. The summed E-state index contributed by atoms with van der Waals surface area (Å²) < 4.78 is 7.03. The topological polar surface area (TPSA) is 94.5 Å². The van der Waals surface area contributed by atoms with Crippen molar-refractivity contribution < 1.29 is 9.53 Å². The largest absolute Gasteiger partial charge is 0.497 e. The highest BCUT2D eigenvalue weighted by Crippen LogP contribution is 2.24. The lowest BCUT2D eigenvalue weighted by atomic mass is 10.1. The molecule has 0 atom stereocenters. The Bertz CT molecular complexity index is 901. The predicted octanol–water partition coefficient (Wildman–Crippen LogP) is 2.61. The number of methoxy groups -OCH3 is 1. The smallest absolute Gasteiger partial charge is 0.332 e. The van der Waals surface area contributed by atoms with Gasteiger partial charge in [0.25, 0.3) is 0 Å². The van der Waals surface area contributed by atoms with Crippen molar-refractivity contribution in [1.82, 2.24) is 15.2 Å². The normalized spacial score (nSPS) is 10.8. The Morgan fingerprint density at radius 3 is 2.62 bits per heavy atom. The molecular formula is C19H19N5O2. The molecule has 0 unspecified atom stereocenters. The summed E-state index contributed by atoms with van der Waals surface area (Å²) in [4.78, 5) is 10.8. The van der Waals surface area contributed by atoms with E-state index in [4.69, 9.17) is 10.5 Å². The van der Waals surface area contributed by atoms with Crippen molar-refractivity contribution >= 4 is 12.2 Å². The van der Waals surface area contributed by atoms with Gasteiger partial charge < -0.3 is 10.5 Å². The highest BCUT2D eigenvalue weighted by atomic mass is 16.5. The molecule has 2 aromatic carbocycles. The summed E-state index contributed by atoms with van der Waals surface area (Å²) in [5.41, 5.74) is 10.8. The van der Waals surface area contributed by atoms with Crippen molar-refractivity contribution in [3.05, 3.63) is 71.9 Å². The SMILES string of the molecule is COc1ccc(-c2nn(Cc3ccccc3)cc2/C=N\NC(N)=O)cc1. The van der Waals surface area contributed by atoms with Gasteiger partial charge in [-0.3, -0.25) is 4.68 Å². The van der Waals surface area contributed by atoms with E-state index in [1.54, 1.807) is 7.11 Å². The van der Waals surface area contributed by atoms with Crippen molar-refractivity contribution in [3.8, 4) is 17.0 Å². The highest BCUT2D eigenvalue weighted by molar-refractivity contribution is 5.89. The number of carbonyl (C=O) groups is 1. The zero-order valence-corrected chi connectivity index (χ0v) is 14.3. The van der Waals surface area contributed by atoms with E-state index in [1.807, 2.05) is 65.5 Å². The van der Waals surface area contributed by atoms with Crippen molar-refractivity contribution in [2.45, 2.75) is 6.54 Å². The van der Waals surface area contributed by atoms with Gasteiger partial charge in [-0.1, -0.05) is 30.3 Å². The number of hydrogen-bond donors (Lipinski definition) is 2. The van der Waals surface area contributed by atoms with Crippen LogP contribution in [0.4, 0.5) is 4.79 Å². The van der Waals surface area contributed by atoms with Crippen molar-refractivity contribution in [1.29, 1.82) is 0 Å². The number of aromatic nitrogens is 2. The third-order valence-corrected chi connectivity index (χ3v) is 3.72. The molecule has 0 spiro atoms. The van der Waals surface area contributed by atoms with Crippen LogP contribution in [0.15, 0.2) is 65.9 Å². The Morgan fingerprint density at radius 2 is 1.96 bits per heavy atom. The zero-order valence-electron chi connectivity index (χ0n) is 14.3. The van der Waals surface area contributed by atoms with Crippen LogP contribution in [0.5, 0.6) is 5.75 Å². The second kappa shape index (κ2) is 7.98. The van der Waals surface area contributed by atoms with Gasteiger partial charge in [-0.25, -0.2) is 10.2 Å². The maximum atomic E-state index is 10.8. The second-order valence-electron chi connectivity index (χ2n) is 5.58. The van der Waals surface area contributed by atoms with Gasteiger partial charge in [0.2, 0.25) is 0 Å². The molecule has 7 heteroatoms. The number of nitrogens with zero attached hydrogens (tertiary/aromatic N) is 3. The molecule has 2 amide bonds. The first-order valence-corrected chi connectivity index (χ1v) is 8.00. The van der Waals surface area contributed by atoms with E-state index in [9.17, 15) is 4.79 Å². The Morgan fingerprint density at radius 1 is 1.23 bits per heavy atom. The summed E-state index contributed by atoms with van der Waals surface area (Å²) in [5.74, 6) is 0.767. The number of ether oxygens (including phenoxy) is 1. The van der Waals surface area contributed by atoms with E-state index in [-0.39, 0.29) is 0 Å². The first kappa shape index (κ1) is 17.2. The van der Waals surface area contributed by atoms with Crippen LogP contribution >= 0.6 is 0 Å². The fraction of sp³-hybridized carbons (Fsp3) is 0.105. The van der Waals surface area contributed by atoms with Gasteiger partial charge in [0, 0.05) is 17.3 Å². The fourth-order valence-electron chi connectivity index (χ4n) is 2.52. The van der Waals surface area contributed by atoms with Crippen LogP contribution in [0, 0.1) is 0 Å². The van der Waals surface area contributed by atoms with E-state index in [0.717, 1.165) is 28.1 Å². The molecule has 0 aliphatic heterocycles. The molecule has 0 radical (unpaired) electrons. The minimum atomic E-state index is -0.719. The van der Waals surface area contributed by atoms with Gasteiger partial charge in [0.15, 0.2) is 0 Å². The summed E-state index contributed by atoms with van der Waals surface area (Å²) >= 11 is 0. The van der Waals surface area contributed by atoms with Crippen LogP contribution in [-0.4, -0.2) is 29.1 Å². The van der Waals surface area contributed by atoms with Crippen LogP contribution in [0.25, 0.3) is 11.3 Å². The molecule has 3 N–H and O–H groups in total. The Labute approximate surface area is 151 Å². The van der Waals surface area contributed by atoms with Gasteiger partial charge in [-0.2, -0.15) is 10.2 Å². The number of primary amides is 1. The first-order chi connectivity index (χ1) is 12.7. The number of amides is 2. The molecular weight excluding hydrogens is 330 g/mol. The van der Waals surface area contributed by atoms with Crippen LogP contribution in [0.3, 0.4) is 0 Å².